The normalized spacial score (nSPS) is 10.6. The molecule has 0 unspecified atom stereocenters. The van der Waals surface area contributed by atoms with Crippen LogP contribution in [0.5, 0.6) is 0 Å². The molecule has 0 radical (unpaired) electrons. The van der Waals surface area contributed by atoms with Gasteiger partial charge in [-0.05, 0) is 42.7 Å². The van der Waals surface area contributed by atoms with Crippen LogP contribution in [0.4, 0.5) is 4.79 Å². The quantitative estimate of drug-likeness (QED) is 0.823. The first-order chi connectivity index (χ1) is 10.6. The van der Waals surface area contributed by atoms with E-state index in [0.29, 0.717) is 6.54 Å². The topological polar surface area (TPSA) is 41.1 Å². The summed E-state index contributed by atoms with van der Waals surface area (Å²) in [6, 6.07) is 16.0. The first kappa shape index (κ1) is 16.3. The lowest BCUT2D eigenvalue weighted by Crippen LogP contribution is -2.33. The van der Waals surface area contributed by atoms with Gasteiger partial charge in [-0.25, -0.2) is 4.79 Å². The van der Waals surface area contributed by atoms with Gasteiger partial charge in [0.2, 0.25) is 0 Å². The summed E-state index contributed by atoms with van der Waals surface area (Å²) < 4.78 is 1.03. The van der Waals surface area contributed by atoms with Gasteiger partial charge in [-0.1, -0.05) is 57.9 Å². The van der Waals surface area contributed by atoms with E-state index >= 15 is 0 Å². The fourth-order valence-electron chi connectivity index (χ4n) is 2.03. The monoisotopic (exact) mass is 358 g/mol. The Morgan fingerprint density at radius 2 is 1.95 bits per heavy atom. The minimum atomic E-state index is -0.194. The molecular weight excluding hydrogens is 340 g/mol. The lowest BCUT2D eigenvalue weighted by atomic mass is 10.1. The summed E-state index contributed by atoms with van der Waals surface area (Å²) in [5, 5.41) is 5.54. The summed E-state index contributed by atoms with van der Waals surface area (Å²) in [6.45, 7) is 2.68. The molecule has 22 heavy (non-hydrogen) atoms. The van der Waals surface area contributed by atoms with Crippen LogP contribution in [-0.2, 0) is 6.42 Å². The Bertz CT molecular complexity index is 650. The molecule has 3 nitrogen and oxygen atoms in total. The van der Waals surface area contributed by atoms with Gasteiger partial charge in [-0.15, -0.1) is 0 Å². The molecule has 4 heteroatoms. The van der Waals surface area contributed by atoms with E-state index < -0.39 is 0 Å². The lowest BCUT2D eigenvalue weighted by molar-refractivity contribution is 0.244. The molecule has 2 aromatic carbocycles. The van der Waals surface area contributed by atoms with Gasteiger partial charge in [0.15, 0.2) is 0 Å². The van der Waals surface area contributed by atoms with Gasteiger partial charge in [0.25, 0.3) is 0 Å². The zero-order valence-corrected chi connectivity index (χ0v) is 14.1. The molecule has 0 heterocycles. The Labute approximate surface area is 139 Å². The first-order valence-electron chi connectivity index (χ1n) is 7.15. The highest BCUT2D eigenvalue weighted by atomic mass is 79.9. The van der Waals surface area contributed by atoms with Crippen LogP contribution in [0.3, 0.4) is 0 Å². The molecule has 0 aliphatic rings. The predicted octanol–water partition coefficient (Wildman–Crippen LogP) is 4.27. The fourth-order valence-corrected chi connectivity index (χ4v) is 2.29. The van der Waals surface area contributed by atoms with E-state index in [9.17, 15) is 4.79 Å². The molecule has 0 spiro atoms. The van der Waals surface area contributed by atoms with Crippen molar-refractivity contribution in [3.63, 3.8) is 0 Å². The van der Waals surface area contributed by atoms with Gasteiger partial charge >= 0.3 is 6.03 Å². The second-order valence-corrected chi connectivity index (χ2v) is 5.94. The van der Waals surface area contributed by atoms with E-state index in [-0.39, 0.29) is 6.03 Å². The Kier molecular flexibility index (Phi) is 6.22. The maximum absolute atomic E-state index is 11.7. The minimum absolute atomic E-state index is 0.194. The molecule has 114 valence electrons. The zero-order valence-electron chi connectivity index (χ0n) is 12.5. The number of aryl methyl sites for hydroxylation is 1. The predicted molar refractivity (Wildman–Crippen MR) is 94.6 cm³/mol. The summed E-state index contributed by atoms with van der Waals surface area (Å²) in [5.74, 6) is 0. The average molecular weight is 359 g/mol. The van der Waals surface area contributed by atoms with E-state index in [1.165, 1.54) is 11.1 Å². The number of carbonyl (C=O) groups excluding carboxylic acids is 1. The third kappa shape index (κ3) is 5.74. The van der Waals surface area contributed by atoms with Crippen molar-refractivity contribution >= 4 is 28.0 Å². The van der Waals surface area contributed by atoms with Gasteiger partial charge in [0.05, 0.1) is 0 Å². The van der Waals surface area contributed by atoms with Crippen LogP contribution >= 0.6 is 15.9 Å². The largest absolute Gasteiger partial charge is 0.338 e. The van der Waals surface area contributed by atoms with Crippen molar-refractivity contribution in [2.24, 2.45) is 0 Å². The van der Waals surface area contributed by atoms with Gasteiger partial charge in [0.1, 0.15) is 0 Å². The maximum Gasteiger partial charge on any atom is 0.318 e. The number of hydrogen-bond donors (Lipinski definition) is 2. The van der Waals surface area contributed by atoms with Crippen molar-refractivity contribution in [2.75, 3.05) is 6.54 Å². The van der Waals surface area contributed by atoms with E-state index in [2.05, 4.69) is 51.7 Å². The smallest absolute Gasteiger partial charge is 0.318 e. The molecule has 0 fully saturated rings. The lowest BCUT2D eigenvalue weighted by Gasteiger charge is -2.05. The molecule has 0 saturated carbocycles. The highest BCUT2D eigenvalue weighted by Crippen LogP contribution is 2.11. The minimum Gasteiger partial charge on any atom is -0.338 e. The van der Waals surface area contributed by atoms with Crippen LogP contribution in [0.25, 0.3) is 6.08 Å². The Morgan fingerprint density at radius 1 is 1.18 bits per heavy atom. The number of benzene rings is 2. The average Bonchev–Trinajstić information content (AvgIpc) is 2.49. The van der Waals surface area contributed by atoms with Crippen LogP contribution in [0.1, 0.15) is 16.7 Å². The van der Waals surface area contributed by atoms with Crippen molar-refractivity contribution in [3.8, 4) is 0 Å². The second-order valence-electron chi connectivity index (χ2n) is 5.02. The van der Waals surface area contributed by atoms with Gasteiger partial charge in [-0.2, -0.15) is 0 Å². The fraction of sp³-hybridized carbons (Fsp3) is 0.167. The third-order valence-electron chi connectivity index (χ3n) is 3.14. The van der Waals surface area contributed by atoms with Gasteiger partial charge in [0, 0.05) is 17.2 Å². The zero-order chi connectivity index (χ0) is 15.8. The Morgan fingerprint density at radius 3 is 2.68 bits per heavy atom. The summed E-state index contributed by atoms with van der Waals surface area (Å²) in [7, 11) is 0. The molecule has 0 bridgehead atoms. The van der Waals surface area contributed by atoms with Crippen LogP contribution < -0.4 is 10.6 Å². The van der Waals surface area contributed by atoms with Crippen LogP contribution in [0, 0.1) is 6.92 Å². The number of nitrogens with one attached hydrogen (secondary N) is 2. The number of carbonyl (C=O) groups is 1. The third-order valence-corrected chi connectivity index (χ3v) is 3.67. The van der Waals surface area contributed by atoms with Crippen molar-refractivity contribution in [1.82, 2.24) is 10.6 Å². The molecule has 0 aliphatic heterocycles. The van der Waals surface area contributed by atoms with Crippen LogP contribution in [-0.4, -0.2) is 12.6 Å². The highest BCUT2D eigenvalue weighted by Gasteiger charge is 1.98. The number of amides is 2. The van der Waals surface area contributed by atoms with Crippen LogP contribution in [0.2, 0.25) is 0 Å². The van der Waals surface area contributed by atoms with Crippen LogP contribution in [0.15, 0.2) is 59.2 Å². The Hall–Kier alpha value is -2.07. The number of rotatable bonds is 5. The molecule has 2 amide bonds. The Balaban J connectivity index is 1.70. The molecule has 0 saturated heterocycles. The molecule has 2 N–H and O–H groups in total. The second kappa shape index (κ2) is 8.39. The first-order valence-corrected chi connectivity index (χ1v) is 7.95. The molecule has 0 aliphatic carbocycles. The number of halogens is 1. The van der Waals surface area contributed by atoms with Gasteiger partial charge in [-0.3, -0.25) is 0 Å². The van der Waals surface area contributed by atoms with Crippen molar-refractivity contribution in [3.05, 3.63) is 75.9 Å². The van der Waals surface area contributed by atoms with Gasteiger partial charge < -0.3 is 10.6 Å². The standard InChI is InChI=1S/C18H19BrN2O/c1-14-3-2-4-16(13-14)10-12-21-18(22)20-11-9-15-5-7-17(19)8-6-15/h2-9,11,13H,10,12H2,1H3,(H2,20,21,22)/b11-9+. The number of urea groups is 1. The number of hydrogen-bond acceptors (Lipinski definition) is 1. The van der Waals surface area contributed by atoms with E-state index in [4.69, 9.17) is 0 Å². The molecule has 0 aromatic heterocycles. The van der Waals surface area contributed by atoms with Crippen molar-refractivity contribution in [2.45, 2.75) is 13.3 Å². The molecular formula is C18H19BrN2O. The van der Waals surface area contributed by atoms with Crippen molar-refractivity contribution in [1.29, 1.82) is 0 Å². The highest BCUT2D eigenvalue weighted by molar-refractivity contribution is 9.10. The SMILES string of the molecule is Cc1cccc(CCNC(=O)N/C=C/c2ccc(Br)cc2)c1. The maximum atomic E-state index is 11.7. The molecule has 2 rings (SSSR count). The molecule has 0 atom stereocenters. The summed E-state index contributed by atoms with van der Waals surface area (Å²) in [6.07, 6.45) is 4.32. The molecule has 2 aromatic rings. The summed E-state index contributed by atoms with van der Waals surface area (Å²) in [5.41, 5.74) is 3.49. The van der Waals surface area contributed by atoms with Crippen molar-refractivity contribution < 1.29 is 4.79 Å². The van der Waals surface area contributed by atoms with E-state index in [1.54, 1.807) is 6.20 Å². The summed E-state index contributed by atoms with van der Waals surface area (Å²) in [4.78, 5) is 11.7. The summed E-state index contributed by atoms with van der Waals surface area (Å²) >= 11 is 3.39. The van der Waals surface area contributed by atoms with E-state index in [0.717, 1.165) is 16.5 Å². The van der Waals surface area contributed by atoms with E-state index in [1.807, 2.05) is 36.4 Å².